The Balaban J connectivity index is 1.68. The molecule has 1 atom stereocenters. The minimum absolute atomic E-state index is 0.0144. The van der Waals surface area contributed by atoms with E-state index in [0.717, 1.165) is 46.4 Å². The summed E-state index contributed by atoms with van der Waals surface area (Å²) in [5, 5.41) is 3.50. The van der Waals surface area contributed by atoms with Gasteiger partial charge < -0.3 is 10.2 Å². The normalized spacial score (nSPS) is 14.7. The molecule has 41 heavy (non-hydrogen) atoms. The summed E-state index contributed by atoms with van der Waals surface area (Å²) in [7, 11) is -4.18. The van der Waals surface area contributed by atoms with Gasteiger partial charge in [0, 0.05) is 17.1 Å². The molecule has 1 fully saturated rings. The Hall–Kier alpha value is -2.59. The van der Waals surface area contributed by atoms with Crippen LogP contribution in [0.4, 0.5) is 5.69 Å². The lowest BCUT2D eigenvalue weighted by Gasteiger charge is -2.33. The lowest BCUT2D eigenvalue weighted by atomic mass is 9.95. The van der Waals surface area contributed by atoms with Gasteiger partial charge in [-0.1, -0.05) is 88.7 Å². The van der Waals surface area contributed by atoms with Crippen LogP contribution in [0.5, 0.6) is 0 Å². The fourth-order valence-electron chi connectivity index (χ4n) is 4.87. The van der Waals surface area contributed by atoms with Crippen LogP contribution in [0, 0.1) is 0 Å². The zero-order valence-electron chi connectivity index (χ0n) is 22.6. The third kappa shape index (κ3) is 8.03. The molecule has 0 aromatic heterocycles. The number of hydrogen-bond acceptors (Lipinski definition) is 4. The highest BCUT2D eigenvalue weighted by Gasteiger charge is 2.33. The second-order valence-electron chi connectivity index (χ2n) is 10.1. The zero-order valence-corrected chi connectivity index (χ0v) is 26.5. The molecule has 0 heterocycles. The average molecular weight is 681 g/mol. The minimum Gasteiger partial charge on any atom is -0.352 e. The lowest BCUT2D eigenvalue weighted by Crippen LogP contribution is -2.53. The van der Waals surface area contributed by atoms with Crippen molar-refractivity contribution in [2.45, 2.75) is 62.6 Å². The van der Waals surface area contributed by atoms with Crippen molar-refractivity contribution in [3.8, 4) is 0 Å². The highest BCUT2D eigenvalue weighted by Crippen LogP contribution is 2.31. The number of halogens is 3. The molecule has 1 N–H and O–H groups in total. The van der Waals surface area contributed by atoms with Crippen LogP contribution in [0.15, 0.2) is 82.2 Å². The molecule has 11 heteroatoms. The Morgan fingerprint density at radius 3 is 2.32 bits per heavy atom. The molecule has 2 amide bonds. The van der Waals surface area contributed by atoms with Gasteiger partial charge in [0.05, 0.1) is 20.6 Å². The first-order valence-corrected chi connectivity index (χ1v) is 16.4. The van der Waals surface area contributed by atoms with E-state index in [4.69, 9.17) is 23.2 Å². The van der Waals surface area contributed by atoms with Crippen molar-refractivity contribution in [1.82, 2.24) is 10.2 Å². The van der Waals surface area contributed by atoms with Crippen LogP contribution in [-0.4, -0.2) is 43.8 Å². The fraction of sp³-hybridized carbons (Fsp3) is 0.333. The van der Waals surface area contributed by atoms with Gasteiger partial charge in [0.2, 0.25) is 11.8 Å². The van der Waals surface area contributed by atoms with Crippen LogP contribution in [0.2, 0.25) is 10.0 Å². The Bertz CT molecular complexity index is 1480. The van der Waals surface area contributed by atoms with Crippen LogP contribution >= 0.6 is 39.1 Å². The predicted molar refractivity (Wildman–Crippen MR) is 167 cm³/mol. The van der Waals surface area contributed by atoms with Crippen LogP contribution in [-0.2, 0) is 26.2 Å². The van der Waals surface area contributed by atoms with Gasteiger partial charge in [-0.2, -0.15) is 0 Å². The lowest BCUT2D eigenvalue weighted by molar-refractivity contribution is -0.139. The molecule has 0 bridgehead atoms. The van der Waals surface area contributed by atoms with E-state index in [1.807, 2.05) is 24.3 Å². The molecule has 1 aliphatic carbocycles. The van der Waals surface area contributed by atoms with Gasteiger partial charge >= 0.3 is 0 Å². The van der Waals surface area contributed by atoms with Gasteiger partial charge in [-0.3, -0.25) is 13.9 Å². The highest BCUT2D eigenvalue weighted by molar-refractivity contribution is 9.10. The molecular weight excluding hydrogens is 649 g/mol. The quantitative estimate of drug-likeness (QED) is 0.255. The maximum Gasteiger partial charge on any atom is 0.264 e. The maximum atomic E-state index is 14.1. The van der Waals surface area contributed by atoms with Crippen molar-refractivity contribution in [3.63, 3.8) is 0 Å². The second-order valence-corrected chi connectivity index (χ2v) is 13.7. The molecule has 0 aliphatic heterocycles. The van der Waals surface area contributed by atoms with E-state index in [2.05, 4.69) is 21.2 Å². The molecule has 0 spiro atoms. The molecule has 218 valence electrons. The molecule has 7 nitrogen and oxygen atoms in total. The fourth-order valence-corrected chi connectivity index (χ4v) is 7.04. The first-order chi connectivity index (χ1) is 19.6. The molecule has 4 rings (SSSR count). The minimum atomic E-state index is -4.18. The first-order valence-electron chi connectivity index (χ1n) is 13.4. The number of rotatable bonds is 10. The van der Waals surface area contributed by atoms with E-state index in [9.17, 15) is 18.0 Å². The summed E-state index contributed by atoms with van der Waals surface area (Å²) >= 11 is 15.8. The molecule has 1 aliphatic rings. The van der Waals surface area contributed by atoms with E-state index in [-0.39, 0.29) is 39.1 Å². The highest BCUT2D eigenvalue weighted by atomic mass is 79.9. The number of nitrogens with zero attached hydrogens (tertiary/aromatic N) is 2. The van der Waals surface area contributed by atoms with E-state index < -0.39 is 28.5 Å². The summed E-state index contributed by atoms with van der Waals surface area (Å²) in [4.78, 5) is 28.9. The smallest absolute Gasteiger partial charge is 0.264 e. The van der Waals surface area contributed by atoms with Crippen molar-refractivity contribution < 1.29 is 18.0 Å². The summed E-state index contributed by atoms with van der Waals surface area (Å²) < 4.78 is 29.5. The Morgan fingerprint density at radius 2 is 1.66 bits per heavy atom. The number of carbonyl (C=O) groups is 2. The average Bonchev–Trinajstić information content (AvgIpc) is 2.96. The van der Waals surface area contributed by atoms with Crippen LogP contribution in [0.1, 0.15) is 44.6 Å². The third-order valence-electron chi connectivity index (χ3n) is 7.16. The van der Waals surface area contributed by atoms with E-state index in [1.165, 1.54) is 35.2 Å². The number of carbonyl (C=O) groups excluding carboxylic acids is 2. The molecule has 3 aromatic carbocycles. The van der Waals surface area contributed by atoms with Crippen LogP contribution in [0.25, 0.3) is 0 Å². The summed E-state index contributed by atoms with van der Waals surface area (Å²) in [6.45, 7) is 1.23. The van der Waals surface area contributed by atoms with Crippen molar-refractivity contribution in [2.24, 2.45) is 0 Å². The molecule has 3 aromatic rings. The van der Waals surface area contributed by atoms with E-state index in [0.29, 0.717) is 0 Å². The van der Waals surface area contributed by atoms with Gasteiger partial charge in [-0.25, -0.2) is 8.42 Å². The Labute approximate surface area is 260 Å². The summed E-state index contributed by atoms with van der Waals surface area (Å²) in [5.74, 6) is -0.811. The van der Waals surface area contributed by atoms with Gasteiger partial charge in [0.25, 0.3) is 10.0 Å². The van der Waals surface area contributed by atoms with Crippen molar-refractivity contribution in [3.05, 3.63) is 92.9 Å². The largest absolute Gasteiger partial charge is 0.352 e. The molecule has 0 unspecified atom stereocenters. The maximum absolute atomic E-state index is 14.1. The monoisotopic (exact) mass is 679 g/mol. The first kappa shape index (κ1) is 31.3. The molecule has 0 radical (unpaired) electrons. The zero-order chi connectivity index (χ0) is 29.6. The number of nitrogens with one attached hydrogen (secondary N) is 1. The number of benzene rings is 3. The van der Waals surface area contributed by atoms with Crippen LogP contribution in [0.3, 0.4) is 0 Å². The topological polar surface area (TPSA) is 86.8 Å². The summed E-state index contributed by atoms with van der Waals surface area (Å²) in [6.07, 6.45) is 5.05. The Morgan fingerprint density at radius 1 is 0.951 bits per heavy atom. The number of hydrogen-bond donors (Lipinski definition) is 1. The van der Waals surface area contributed by atoms with Gasteiger partial charge in [-0.15, -0.1) is 0 Å². The number of anilines is 1. The number of amides is 2. The van der Waals surface area contributed by atoms with Crippen molar-refractivity contribution in [2.75, 3.05) is 10.8 Å². The van der Waals surface area contributed by atoms with Gasteiger partial charge in [0.15, 0.2) is 0 Å². The summed E-state index contributed by atoms with van der Waals surface area (Å²) in [6, 6.07) is 18.9. The standard InChI is InChI=1S/C30H32BrCl2N3O4S/c1-21(30(38)34-24-11-4-2-5-12-24)35(19-22-9-8-10-23(31)17-22)29(37)20-36(25-15-16-27(32)28(33)18-25)41(39,40)26-13-6-3-7-14-26/h3,6-10,13-18,21,24H,2,4-5,11-12,19-20H2,1H3,(H,34,38)/t21-/m0/s1. The predicted octanol–water partition coefficient (Wildman–Crippen LogP) is 6.82. The Kier molecular flexibility index (Phi) is 10.7. The van der Waals surface area contributed by atoms with Crippen LogP contribution < -0.4 is 9.62 Å². The van der Waals surface area contributed by atoms with E-state index in [1.54, 1.807) is 25.1 Å². The summed E-state index contributed by atoms with van der Waals surface area (Å²) in [5.41, 5.74) is 0.968. The SMILES string of the molecule is C[C@@H](C(=O)NC1CCCCC1)N(Cc1cccc(Br)c1)C(=O)CN(c1ccc(Cl)c(Cl)c1)S(=O)(=O)c1ccccc1. The molecular formula is C30H32BrCl2N3O4S. The van der Waals surface area contributed by atoms with Crippen molar-refractivity contribution >= 4 is 66.7 Å². The van der Waals surface area contributed by atoms with Gasteiger partial charge in [-0.05, 0) is 67.8 Å². The third-order valence-corrected chi connectivity index (χ3v) is 10.2. The second kappa shape index (κ2) is 14.1. The number of sulfonamides is 1. The van der Waals surface area contributed by atoms with Crippen molar-refractivity contribution in [1.29, 1.82) is 0 Å². The molecule has 0 saturated heterocycles. The van der Waals surface area contributed by atoms with E-state index >= 15 is 0 Å². The van der Waals surface area contributed by atoms with Gasteiger partial charge in [0.1, 0.15) is 12.6 Å². The molecule has 1 saturated carbocycles.